The van der Waals surface area contributed by atoms with E-state index in [1.807, 2.05) is 20.8 Å². The number of carbonyl (C=O) groups is 2. The van der Waals surface area contributed by atoms with Gasteiger partial charge in [-0.15, -0.1) is 11.3 Å². The van der Waals surface area contributed by atoms with Crippen molar-refractivity contribution < 1.29 is 19.2 Å². The van der Waals surface area contributed by atoms with Gasteiger partial charge in [-0.25, -0.2) is 9.96 Å². The number of hydroxylamine groups is 1. The minimum Gasteiger partial charge on any atom is -0.377 e. The van der Waals surface area contributed by atoms with E-state index in [4.69, 9.17) is 44.4 Å². The molecule has 6 nitrogen and oxygen atoms in total. The van der Waals surface area contributed by atoms with E-state index in [1.165, 1.54) is 26.7 Å². The Bertz CT molecular complexity index is 1390. The fraction of sp³-hybridized carbons (Fsp3) is 0.419. The molecule has 0 N–H and O–H groups in total. The molecule has 41 heavy (non-hydrogen) atoms. The summed E-state index contributed by atoms with van der Waals surface area (Å²) in [7, 11) is 0. The van der Waals surface area contributed by atoms with E-state index in [1.54, 1.807) is 47.5 Å². The molecule has 0 saturated carbocycles. The highest BCUT2D eigenvalue weighted by molar-refractivity contribution is 7.17. The van der Waals surface area contributed by atoms with Gasteiger partial charge < -0.3 is 4.74 Å². The van der Waals surface area contributed by atoms with Crippen molar-refractivity contribution in [3.8, 4) is 0 Å². The molecule has 2 aliphatic rings. The molecule has 2 aromatic carbocycles. The monoisotopic (exact) mass is 636 g/mol. The largest absolute Gasteiger partial charge is 0.377 e. The number of ether oxygens (including phenoxy) is 1. The predicted molar refractivity (Wildman–Crippen MR) is 168 cm³/mol. The summed E-state index contributed by atoms with van der Waals surface area (Å²) < 4.78 is 5.81. The van der Waals surface area contributed by atoms with Crippen LogP contribution in [0.4, 0.5) is 10.7 Å². The van der Waals surface area contributed by atoms with Crippen LogP contribution in [0, 0.1) is 5.92 Å². The normalized spacial score (nSPS) is 20.0. The van der Waals surface area contributed by atoms with Crippen LogP contribution in [0.5, 0.6) is 0 Å². The van der Waals surface area contributed by atoms with E-state index in [0.717, 1.165) is 24.8 Å². The number of amides is 2. The Morgan fingerprint density at radius 1 is 0.927 bits per heavy atom. The summed E-state index contributed by atoms with van der Waals surface area (Å²) in [4.78, 5) is 37.0. The zero-order chi connectivity index (χ0) is 29.8. The first-order valence-corrected chi connectivity index (χ1v) is 16.0. The highest BCUT2D eigenvalue weighted by Crippen LogP contribution is 2.51. The Kier molecular flexibility index (Phi) is 10.8. The predicted octanol–water partition coefficient (Wildman–Crippen LogP) is 8.84. The standard InChI is InChI=1S/C29H29Cl3N2O4S.C2H6/c1-4-7-19-21(15-37-6-3)29(39-23(19)5-2)33-27(35)24-25(20-13-10-17(31)14-22(20)32)34(38-26(24)28(33)36)18-11-8-16(30)9-12-18;1-2/h8-14,24-26H,4-7,15H2,1-3H3;1-2H3. The van der Waals surface area contributed by atoms with Crippen molar-refractivity contribution in [1.29, 1.82) is 0 Å². The van der Waals surface area contributed by atoms with Crippen LogP contribution in [0.1, 0.15) is 68.6 Å². The smallest absolute Gasteiger partial charge is 0.267 e. The fourth-order valence-electron chi connectivity index (χ4n) is 5.38. The zero-order valence-electron chi connectivity index (χ0n) is 23.9. The third kappa shape index (κ3) is 6.03. The van der Waals surface area contributed by atoms with Crippen LogP contribution >= 0.6 is 46.1 Å². The lowest BCUT2D eigenvalue weighted by Gasteiger charge is -2.29. The molecule has 3 heterocycles. The lowest BCUT2D eigenvalue weighted by atomic mass is 9.90. The van der Waals surface area contributed by atoms with Gasteiger partial charge in [-0.05, 0) is 67.3 Å². The third-order valence-electron chi connectivity index (χ3n) is 7.13. The van der Waals surface area contributed by atoms with Crippen molar-refractivity contribution in [2.75, 3.05) is 16.6 Å². The second kappa shape index (κ2) is 13.9. The number of hydrogen-bond acceptors (Lipinski definition) is 6. The molecule has 220 valence electrons. The first-order valence-electron chi connectivity index (χ1n) is 14.1. The SMILES string of the molecule is CC.CCCc1c(CC)sc(N2C(=O)C3ON(c4ccc(Cl)cc4)C(c4ccc(Cl)cc4Cl)C3C2=O)c1COCC. The van der Waals surface area contributed by atoms with E-state index < -0.39 is 18.1 Å². The highest BCUT2D eigenvalue weighted by Gasteiger charge is 2.61. The van der Waals surface area contributed by atoms with E-state index >= 15 is 0 Å². The molecule has 1 aromatic heterocycles. The summed E-state index contributed by atoms with van der Waals surface area (Å²) >= 11 is 20.5. The summed E-state index contributed by atoms with van der Waals surface area (Å²) in [6, 6.07) is 11.5. The van der Waals surface area contributed by atoms with E-state index in [9.17, 15) is 9.59 Å². The van der Waals surface area contributed by atoms with Gasteiger partial charge in [0.2, 0.25) is 5.91 Å². The number of imide groups is 1. The molecule has 3 aromatic rings. The van der Waals surface area contributed by atoms with Gasteiger partial charge in [0, 0.05) is 32.1 Å². The summed E-state index contributed by atoms with van der Waals surface area (Å²) in [5.74, 6) is -1.52. The van der Waals surface area contributed by atoms with Crippen molar-refractivity contribution in [2.24, 2.45) is 5.92 Å². The zero-order valence-corrected chi connectivity index (χ0v) is 27.0. The number of aryl methyl sites for hydroxylation is 1. The minimum atomic E-state index is -1.01. The molecule has 3 unspecified atom stereocenters. The molecule has 0 radical (unpaired) electrons. The number of rotatable bonds is 9. The Hall–Kier alpha value is -2.13. The molecule has 10 heteroatoms. The van der Waals surface area contributed by atoms with Crippen LogP contribution in [0.25, 0.3) is 0 Å². The van der Waals surface area contributed by atoms with Crippen LogP contribution in [0.15, 0.2) is 42.5 Å². The molecule has 0 aliphatic carbocycles. The van der Waals surface area contributed by atoms with Gasteiger partial charge in [-0.3, -0.25) is 14.4 Å². The Labute approximate surface area is 261 Å². The molecule has 0 spiro atoms. The summed E-state index contributed by atoms with van der Waals surface area (Å²) in [5.41, 5.74) is 3.39. The second-order valence-corrected chi connectivity index (χ2v) is 11.9. The number of fused-ring (bicyclic) bond motifs is 1. The summed E-state index contributed by atoms with van der Waals surface area (Å²) in [6.45, 7) is 11.0. The Morgan fingerprint density at radius 3 is 2.22 bits per heavy atom. The van der Waals surface area contributed by atoms with Gasteiger partial charge >= 0.3 is 0 Å². The van der Waals surface area contributed by atoms with E-state index in [2.05, 4.69) is 13.8 Å². The number of hydrogen-bond donors (Lipinski definition) is 0. The van der Waals surface area contributed by atoms with Crippen molar-refractivity contribution in [3.05, 3.63) is 79.1 Å². The van der Waals surface area contributed by atoms with Gasteiger partial charge in [-0.2, -0.15) is 0 Å². The number of thiophene rings is 1. The Balaban J connectivity index is 0.00000189. The number of benzene rings is 2. The second-order valence-electron chi connectivity index (χ2n) is 9.50. The number of nitrogens with zero attached hydrogens (tertiary/aromatic N) is 2. The molecule has 2 saturated heterocycles. The van der Waals surface area contributed by atoms with Crippen LogP contribution < -0.4 is 9.96 Å². The first-order chi connectivity index (χ1) is 19.8. The van der Waals surface area contributed by atoms with Gasteiger partial charge in [0.1, 0.15) is 10.9 Å². The van der Waals surface area contributed by atoms with Crippen molar-refractivity contribution in [1.82, 2.24) is 0 Å². The fourth-order valence-corrected chi connectivity index (χ4v) is 7.33. The number of anilines is 2. The van der Waals surface area contributed by atoms with Crippen molar-refractivity contribution in [3.63, 3.8) is 0 Å². The molecule has 0 bridgehead atoms. The van der Waals surface area contributed by atoms with Crippen LogP contribution in [-0.4, -0.2) is 24.5 Å². The van der Waals surface area contributed by atoms with Gasteiger partial charge in [0.25, 0.3) is 5.91 Å². The lowest BCUT2D eigenvalue weighted by molar-refractivity contribution is -0.126. The van der Waals surface area contributed by atoms with Gasteiger partial charge in [0.15, 0.2) is 6.10 Å². The number of halogens is 3. The quantitative estimate of drug-likeness (QED) is 0.219. The topological polar surface area (TPSA) is 59.1 Å². The summed E-state index contributed by atoms with van der Waals surface area (Å²) in [6.07, 6.45) is 1.61. The Morgan fingerprint density at radius 2 is 1.61 bits per heavy atom. The van der Waals surface area contributed by atoms with Crippen LogP contribution in [0.2, 0.25) is 15.1 Å². The van der Waals surface area contributed by atoms with Crippen molar-refractivity contribution in [2.45, 2.75) is 72.6 Å². The molecular weight excluding hydrogens is 603 g/mol. The minimum absolute atomic E-state index is 0.317. The average molecular weight is 638 g/mol. The maximum Gasteiger partial charge on any atom is 0.267 e. The van der Waals surface area contributed by atoms with E-state index in [0.29, 0.717) is 44.5 Å². The maximum atomic E-state index is 14.3. The van der Waals surface area contributed by atoms with Gasteiger partial charge in [-0.1, -0.05) is 75.0 Å². The van der Waals surface area contributed by atoms with Crippen molar-refractivity contribution >= 4 is 68.6 Å². The molecule has 3 atom stereocenters. The van der Waals surface area contributed by atoms with Crippen LogP contribution in [0.3, 0.4) is 0 Å². The average Bonchev–Trinajstić information content (AvgIpc) is 3.59. The highest BCUT2D eigenvalue weighted by atomic mass is 35.5. The maximum absolute atomic E-state index is 14.3. The molecule has 2 fully saturated rings. The lowest BCUT2D eigenvalue weighted by Crippen LogP contribution is -2.37. The third-order valence-corrected chi connectivity index (χ3v) is 9.35. The first kappa shape index (κ1) is 31.8. The van der Waals surface area contributed by atoms with Crippen LogP contribution in [-0.2, 0) is 38.6 Å². The molecule has 5 rings (SSSR count). The number of carbonyl (C=O) groups excluding carboxylic acids is 2. The molecular formula is C31H35Cl3N2O4S. The van der Waals surface area contributed by atoms with Gasteiger partial charge in [0.05, 0.1) is 18.3 Å². The molecule has 2 amide bonds. The summed E-state index contributed by atoms with van der Waals surface area (Å²) in [5, 5.41) is 3.66. The van der Waals surface area contributed by atoms with E-state index in [-0.39, 0.29) is 11.8 Å². The molecule has 2 aliphatic heterocycles.